The number of hydrogen-bond donors (Lipinski definition) is 1. The Bertz CT molecular complexity index is 1200. The quantitative estimate of drug-likeness (QED) is 0.370. The number of carbonyl (C=O) groups excluding carboxylic acids is 1. The zero-order valence-corrected chi connectivity index (χ0v) is 19.0. The molecule has 4 aromatic rings. The second-order valence-corrected chi connectivity index (χ2v) is 8.14. The van der Waals surface area contributed by atoms with Crippen molar-refractivity contribution < 1.29 is 13.9 Å². The van der Waals surface area contributed by atoms with Crippen molar-refractivity contribution in [1.29, 1.82) is 0 Å². The molecule has 0 atom stereocenters. The van der Waals surface area contributed by atoms with Crippen molar-refractivity contribution in [3.05, 3.63) is 72.0 Å². The van der Waals surface area contributed by atoms with Crippen molar-refractivity contribution in [1.82, 2.24) is 14.8 Å². The number of aryl methyl sites for hydroxylation is 2. The second-order valence-electron chi connectivity index (χ2n) is 7.20. The normalized spacial score (nSPS) is 10.8. The van der Waals surface area contributed by atoms with E-state index in [4.69, 9.17) is 9.15 Å². The lowest BCUT2D eigenvalue weighted by Gasteiger charge is -2.11. The SMILES string of the molecule is CCOc1ccc(-n2c(SCC(=O)Nc3ccc(C)cc3C)nnc2-c2ccco2)cc1. The molecule has 2 aromatic heterocycles. The van der Waals surface area contributed by atoms with Crippen LogP contribution in [0.2, 0.25) is 0 Å². The fraction of sp³-hybridized carbons (Fsp3) is 0.208. The molecular weight excluding hydrogens is 424 g/mol. The Hall–Kier alpha value is -3.52. The van der Waals surface area contributed by atoms with Gasteiger partial charge in [0.15, 0.2) is 10.9 Å². The van der Waals surface area contributed by atoms with E-state index >= 15 is 0 Å². The summed E-state index contributed by atoms with van der Waals surface area (Å²) < 4.78 is 13.0. The number of anilines is 1. The highest BCUT2D eigenvalue weighted by Crippen LogP contribution is 2.29. The number of nitrogens with zero attached hydrogens (tertiary/aromatic N) is 3. The molecular formula is C24H24N4O3S. The van der Waals surface area contributed by atoms with Gasteiger partial charge in [0.2, 0.25) is 11.7 Å². The molecule has 0 fully saturated rings. The van der Waals surface area contributed by atoms with E-state index in [0.717, 1.165) is 28.3 Å². The Morgan fingerprint density at radius 2 is 1.94 bits per heavy atom. The van der Waals surface area contributed by atoms with Crippen LogP contribution in [0.3, 0.4) is 0 Å². The van der Waals surface area contributed by atoms with Crippen LogP contribution in [0.15, 0.2) is 70.4 Å². The van der Waals surface area contributed by atoms with Gasteiger partial charge in [0.25, 0.3) is 0 Å². The van der Waals surface area contributed by atoms with Crippen molar-refractivity contribution >= 4 is 23.4 Å². The largest absolute Gasteiger partial charge is 0.494 e. The molecule has 1 amide bonds. The number of aromatic nitrogens is 3. The molecule has 164 valence electrons. The van der Waals surface area contributed by atoms with Crippen molar-refractivity contribution in [2.75, 3.05) is 17.7 Å². The van der Waals surface area contributed by atoms with Crippen molar-refractivity contribution in [2.24, 2.45) is 0 Å². The van der Waals surface area contributed by atoms with Crippen molar-refractivity contribution in [3.8, 4) is 23.0 Å². The number of ether oxygens (including phenoxy) is 1. The van der Waals surface area contributed by atoms with Gasteiger partial charge >= 0.3 is 0 Å². The monoisotopic (exact) mass is 448 g/mol. The third-order valence-corrected chi connectivity index (χ3v) is 5.70. The van der Waals surface area contributed by atoms with Crippen LogP contribution in [-0.4, -0.2) is 33.0 Å². The zero-order valence-electron chi connectivity index (χ0n) is 18.2. The predicted octanol–water partition coefficient (Wildman–Crippen LogP) is 5.27. The standard InChI is InChI=1S/C24H24N4O3S/c1-4-30-19-10-8-18(9-11-19)28-23(21-6-5-13-31-21)26-27-24(28)32-15-22(29)25-20-12-7-16(2)14-17(20)3/h5-14H,4,15H2,1-3H3,(H,25,29). The molecule has 0 bridgehead atoms. The van der Waals surface area contributed by atoms with E-state index in [9.17, 15) is 4.79 Å². The molecule has 0 saturated carbocycles. The maximum Gasteiger partial charge on any atom is 0.234 e. The van der Waals surface area contributed by atoms with Crippen molar-refractivity contribution in [2.45, 2.75) is 25.9 Å². The van der Waals surface area contributed by atoms with Gasteiger partial charge in [0.1, 0.15) is 5.75 Å². The molecule has 0 aliphatic rings. The van der Waals surface area contributed by atoms with Gasteiger partial charge in [0.05, 0.1) is 24.3 Å². The first-order valence-corrected chi connectivity index (χ1v) is 11.3. The van der Waals surface area contributed by atoms with Gasteiger partial charge in [0, 0.05) is 5.69 Å². The number of benzene rings is 2. The van der Waals surface area contributed by atoms with Crippen LogP contribution in [0.25, 0.3) is 17.3 Å². The predicted molar refractivity (Wildman–Crippen MR) is 125 cm³/mol. The lowest BCUT2D eigenvalue weighted by molar-refractivity contribution is -0.113. The third kappa shape index (κ3) is 4.86. The fourth-order valence-corrected chi connectivity index (χ4v) is 4.04. The minimum absolute atomic E-state index is 0.109. The van der Waals surface area contributed by atoms with Gasteiger partial charge in [-0.05, 0) is 68.8 Å². The summed E-state index contributed by atoms with van der Waals surface area (Å²) in [5, 5.41) is 12.2. The Kier molecular flexibility index (Phi) is 6.61. The summed E-state index contributed by atoms with van der Waals surface area (Å²) in [6.45, 7) is 6.55. The van der Waals surface area contributed by atoms with E-state index < -0.39 is 0 Å². The molecule has 0 spiro atoms. The molecule has 0 radical (unpaired) electrons. The van der Waals surface area contributed by atoms with Crippen LogP contribution < -0.4 is 10.1 Å². The molecule has 0 unspecified atom stereocenters. The van der Waals surface area contributed by atoms with Crippen LogP contribution in [-0.2, 0) is 4.79 Å². The summed E-state index contributed by atoms with van der Waals surface area (Å²) in [6.07, 6.45) is 1.59. The van der Waals surface area contributed by atoms with Crippen LogP contribution in [0.4, 0.5) is 5.69 Å². The Morgan fingerprint density at radius 1 is 1.12 bits per heavy atom. The summed E-state index contributed by atoms with van der Waals surface area (Å²) in [5.74, 6) is 2.03. The Labute approximate surface area is 190 Å². The first kappa shape index (κ1) is 21.7. The number of amides is 1. The topological polar surface area (TPSA) is 82.2 Å². The van der Waals surface area contributed by atoms with Gasteiger partial charge in [-0.15, -0.1) is 10.2 Å². The summed E-state index contributed by atoms with van der Waals surface area (Å²) in [5.41, 5.74) is 3.84. The van der Waals surface area contributed by atoms with Crippen LogP contribution in [0, 0.1) is 13.8 Å². The third-order valence-electron chi connectivity index (χ3n) is 4.77. The first-order chi connectivity index (χ1) is 15.5. The molecule has 2 heterocycles. The number of rotatable bonds is 8. The van der Waals surface area contributed by atoms with Gasteiger partial charge in [-0.2, -0.15) is 0 Å². The van der Waals surface area contributed by atoms with E-state index in [1.165, 1.54) is 11.8 Å². The number of carbonyl (C=O) groups is 1. The molecule has 8 heteroatoms. The highest BCUT2D eigenvalue weighted by atomic mass is 32.2. The van der Waals surface area contributed by atoms with Gasteiger partial charge in [-0.3, -0.25) is 9.36 Å². The molecule has 32 heavy (non-hydrogen) atoms. The fourth-order valence-electron chi connectivity index (χ4n) is 3.29. The lowest BCUT2D eigenvalue weighted by atomic mass is 10.1. The maximum atomic E-state index is 12.6. The van der Waals surface area contributed by atoms with E-state index in [2.05, 4.69) is 15.5 Å². The minimum Gasteiger partial charge on any atom is -0.494 e. The van der Waals surface area contributed by atoms with Gasteiger partial charge in [-0.1, -0.05) is 29.5 Å². The number of thioether (sulfide) groups is 1. The average molecular weight is 449 g/mol. The lowest BCUT2D eigenvalue weighted by Crippen LogP contribution is -2.15. The number of furan rings is 1. The van der Waals surface area contributed by atoms with Gasteiger partial charge < -0.3 is 14.5 Å². The van der Waals surface area contributed by atoms with E-state index in [-0.39, 0.29) is 11.7 Å². The summed E-state index contributed by atoms with van der Waals surface area (Å²) in [6, 6.07) is 17.2. The Balaban J connectivity index is 1.56. The van der Waals surface area contributed by atoms with Gasteiger partial charge in [-0.25, -0.2) is 0 Å². The van der Waals surface area contributed by atoms with Crippen LogP contribution in [0.1, 0.15) is 18.1 Å². The van der Waals surface area contributed by atoms with E-state index in [1.54, 1.807) is 12.3 Å². The summed E-state index contributed by atoms with van der Waals surface area (Å²) in [4.78, 5) is 12.6. The summed E-state index contributed by atoms with van der Waals surface area (Å²) >= 11 is 1.32. The molecule has 7 nitrogen and oxygen atoms in total. The smallest absolute Gasteiger partial charge is 0.234 e. The highest BCUT2D eigenvalue weighted by molar-refractivity contribution is 7.99. The number of hydrogen-bond acceptors (Lipinski definition) is 6. The molecule has 4 rings (SSSR count). The summed E-state index contributed by atoms with van der Waals surface area (Å²) in [7, 11) is 0. The molecule has 2 aromatic carbocycles. The second kappa shape index (κ2) is 9.74. The zero-order chi connectivity index (χ0) is 22.5. The van der Waals surface area contributed by atoms with Crippen LogP contribution in [0.5, 0.6) is 5.75 Å². The average Bonchev–Trinajstić information content (AvgIpc) is 3.45. The molecule has 0 saturated heterocycles. The van der Waals surface area contributed by atoms with Crippen molar-refractivity contribution in [3.63, 3.8) is 0 Å². The first-order valence-electron chi connectivity index (χ1n) is 10.3. The van der Waals surface area contributed by atoms with E-state index in [0.29, 0.717) is 23.3 Å². The molecule has 0 aliphatic carbocycles. The number of nitrogens with one attached hydrogen (secondary N) is 1. The maximum absolute atomic E-state index is 12.6. The highest BCUT2D eigenvalue weighted by Gasteiger charge is 2.19. The minimum atomic E-state index is -0.109. The Morgan fingerprint density at radius 3 is 2.62 bits per heavy atom. The molecule has 1 N–H and O–H groups in total. The van der Waals surface area contributed by atoms with E-state index in [1.807, 2.05) is 73.9 Å². The van der Waals surface area contributed by atoms with Crippen LogP contribution >= 0.6 is 11.8 Å². The molecule has 0 aliphatic heterocycles.